The van der Waals surface area contributed by atoms with Crippen LogP contribution < -0.4 is 9.62 Å². The molecule has 0 radical (unpaired) electrons. The van der Waals surface area contributed by atoms with Crippen molar-refractivity contribution in [3.63, 3.8) is 0 Å². The van der Waals surface area contributed by atoms with E-state index in [1.165, 1.54) is 23.5 Å². The van der Waals surface area contributed by atoms with Gasteiger partial charge < -0.3 is 5.32 Å². The number of carbonyl (C=O) groups excluding carboxylic acids is 1. The van der Waals surface area contributed by atoms with Crippen LogP contribution in [-0.2, 0) is 32.2 Å². The van der Waals surface area contributed by atoms with E-state index in [2.05, 4.69) is 10.3 Å². The minimum atomic E-state index is -3.40. The summed E-state index contributed by atoms with van der Waals surface area (Å²) in [6.07, 6.45) is 0.779. The summed E-state index contributed by atoms with van der Waals surface area (Å²) in [6, 6.07) is 18.8. The Bertz CT molecular complexity index is 1500. The summed E-state index contributed by atoms with van der Waals surface area (Å²) in [5, 5.41) is 3.33. The highest BCUT2D eigenvalue weighted by Crippen LogP contribution is 2.39. The maximum Gasteiger partial charge on any atom is 0.348 e. The Morgan fingerprint density at radius 3 is 2.64 bits per heavy atom. The van der Waals surface area contributed by atoms with Crippen molar-refractivity contribution in [1.82, 2.24) is 4.98 Å². The number of halogens is 1. The van der Waals surface area contributed by atoms with Crippen LogP contribution in [0.2, 0.25) is 0 Å². The summed E-state index contributed by atoms with van der Waals surface area (Å²) < 4.78 is 39.2. The smallest absolute Gasteiger partial charge is 0.302 e. The van der Waals surface area contributed by atoms with Gasteiger partial charge in [-0.25, -0.2) is 9.37 Å². The molecule has 0 saturated carbocycles. The van der Waals surface area contributed by atoms with E-state index in [4.69, 9.17) is 0 Å². The molecule has 5 rings (SSSR count). The first-order valence-corrected chi connectivity index (χ1v) is 13.8. The van der Waals surface area contributed by atoms with E-state index in [9.17, 15) is 17.9 Å². The number of nitrogens with zero attached hydrogens (tertiary/aromatic N) is 2. The number of amides is 1. The standard InChI is InChI=1S/C27H24FN3O3S2/c1-17-5-3-4-6-24(17)36(33,34)31-14-13-20-16-21(9-12-23(20)31)26-18(2)35-27(30-26)29-25(32)15-19-7-10-22(28)11-8-19/h3-12,16H,13-15H2,1-2H3,(H-,29,30,32,33,34)/p+1. The van der Waals surface area contributed by atoms with Crippen molar-refractivity contribution in [2.75, 3.05) is 16.2 Å². The second-order valence-corrected chi connectivity index (χ2v) is 11.8. The molecule has 9 heteroatoms. The third kappa shape index (κ3) is 4.69. The van der Waals surface area contributed by atoms with Gasteiger partial charge in [-0.05, 0) is 65.9 Å². The van der Waals surface area contributed by atoms with E-state index >= 15 is 0 Å². The van der Waals surface area contributed by atoms with Gasteiger partial charge in [0.05, 0.1) is 24.3 Å². The number of aromatic nitrogens is 1. The minimum Gasteiger partial charge on any atom is -0.302 e. The SMILES string of the molecule is Cc1ccccc1[S+](=O)(O)N1CCc2cc(-c3nc(NC(=O)Cc4ccc(F)cc4)sc3C)ccc21. The molecule has 1 aliphatic heterocycles. The average molecular weight is 523 g/mol. The lowest BCUT2D eigenvalue weighted by Crippen LogP contribution is -2.35. The van der Waals surface area contributed by atoms with Crippen molar-refractivity contribution in [2.45, 2.75) is 31.6 Å². The average Bonchev–Trinajstić information content (AvgIpc) is 3.43. The number of anilines is 2. The van der Waals surface area contributed by atoms with Crippen molar-refractivity contribution in [3.05, 3.63) is 94.1 Å². The van der Waals surface area contributed by atoms with E-state index in [0.29, 0.717) is 23.0 Å². The number of hydrogen-bond acceptors (Lipinski definition) is 4. The van der Waals surface area contributed by atoms with Crippen LogP contribution in [0.15, 0.2) is 71.6 Å². The fourth-order valence-corrected chi connectivity index (χ4v) is 7.03. The van der Waals surface area contributed by atoms with Crippen LogP contribution in [0.5, 0.6) is 0 Å². The maximum atomic E-state index is 13.4. The lowest BCUT2D eigenvalue weighted by atomic mass is 10.1. The quantitative estimate of drug-likeness (QED) is 0.302. The van der Waals surface area contributed by atoms with Crippen LogP contribution in [0, 0.1) is 19.7 Å². The summed E-state index contributed by atoms with van der Waals surface area (Å²) in [4.78, 5) is 18.5. The third-order valence-electron chi connectivity index (χ3n) is 6.21. The number of fused-ring (bicyclic) bond motifs is 1. The third-order valence-corrected chi connectivity index (χ3v) is 9.10. The van der Waals surface area contributed by atoms with E-state index < -0.39 is 10.4 Å². The highest BCUT2D eigenvalue weighted by molar-refractivity contribution is 7.99. The number of aryl methyl sites for hydroxylation is 2. The number of carbonyl (C=O) groups is 1. The van der Waals surface area contributed by atoms with Crippen LogP contribution in [0.25, 0.3) is 11.3 Å². The molecule has 1 amide bonds. The first-order valence-electron chi connectivity index (χ1n) is 11.5. The first kappa shape index (κ1) is 24.3. The predicted octanol–water partition coefficient (Wildman–Crippen LogP) is 6.06. The van der Waals surface area contributed by atoms with Gasteiger partial charge in [-0.3, -0.25) is 4.79 Å². The van der Waals surface area contributed by atoms with Crippen LogP contribution in [0.3, 0.4) is 0 Å². The highest BCUT2D eigenvalue weighted by Gasteiger charge is 2.43. The van der Waals surface area contributed by atoms with Crippen LogP contribution in [0.4, 0.5) is 15.2 Å². The van der Waals surface area contributed by atoms with E-state index in [0.717, 1.165) is 38.5 Å². The molecule has 0 bridgehead atoms. The normalized spacial score (nSPS) is 14.4. The molecular weight excluding hydrogens is 497 g/mol. The van der Waals surface area contributed by atoms with Gasteiger partial charge in [-0.1, -0.05) is 36.4 Å². The molecule has 1 aromatic heterocycles. The van der Waals surface area contributed by atoms with Gasteiger partial charge in [0.15, 0.2) is 5.13 Å². The number of nitrogens with one attached hydrogen (secondary N) is 1. The van der Waals surface area contributed by atoms with Crippen molar-refractivity contribution in [1.29, 1.82) is 0 Å². The van der Waals surface area contributed by atoms with Crippen molar-refractivity contribution >= 4 is 38.5 Å². The topological polar surface area (TPSA) is 82.5 Å². The van der Waals surface area contributed by atoms with E-state index in [1.54, 1.807) is 28.6 Å². The first-order chi connectivity index (χ1) is 17.2. The molecule has 6 nitrogen and oxygen atoms in total. The molecule has 1 unspecified atom stereocenters. The molecular formula is C27H25FN3O3S2+. The maximum absolute atomic E-state index is 13.4. The zero-order valence-electron chi connectivity index (χ0n) is 19.8. The monoisotopic (exact) mass is 522 g/mol. The molecule has 4 aromatic rings. The van der Waals surface area contributed by atoms with Gasteiger partial charge in [0.25, 0.3) is 0 Å². The molecule has 36 heavy (non-hydrogen) atoms. The predicted molar refractivity (Wildman–Crippen MR) is 142 cm³/mol. The highest BCUT2D eigenvalue weighted by atomic mass is 32.3. The zero-order valence-corrected chi connectivity index (χ0v) is 21.5. The summed E-state index contributed by atoms with van der Waals surface area (Å²) in [5.74, 6) is -0.561. The Balaban J connectivity index is 1.35. The van der Waals surface area contributed by atoms with Gasteiger partial charge >= 0.3 is 10.4 Å². The zero-order chi connectivity index (χ0) is 25.4. The summed E-state index contributed by atoms with van der Waals surface area (Å²) in [5.41, 5.74) is 4.89. The number of hydrogen-bond donors (Lipinski definition) is 2. The van der Waals surface area contributed by atoms with E-state index in [1.807, 2.05) is 44.2 Å². The van der Waals surface area contributed by atoms with Crippen molar-refractivity contribution in [2.24, 2.45) is 0 Å². The van der Waals surface area contributed by atoms with E-state index in [-0.39, 0.29) is 18.1 Å². The fourth-order valence-electron chi connectivity index (χ4n) is 4.42. The molecule has 0 fully saturated rings. The van der Waals surface area contributed by atoms with Gasteiger partial charge in [0, 0.05) is 16.0 Å². The minimum absolute atomic E-state index is 0.129. The largest absolute Gasteiger partial charge is 0.348 e. The van der Waals surface area contributed by atoms with Crippen molar-refractivity contribution < 1.29 is 17.9 Å². The van der Waals surface area contributed by atoms with Gasteiger partial charge in [-0.15, -0.1) is 11.3 Å². The lowest BCUT2D eigenvalue weighted by molar-refractivity contribution is -0.115. The molecule has 0 aliphatic carbocycles. The van der Waals surface area contributed by atoms with Crippen molar-refractivity contribution in [3.8, 4) is 11.3 Å². The molecule has 184 valence electrons. The number of thiazole rings is 1. The molecule has 1 aliphatic rings. The molecule has 2 N–H and O–H groups in total. The Morgan fingerprint density at radius 1 is 1.14 bits per heavy atom. The van der Waals surface area contributed by atoms with Gasteiger partial charge in [0.1, 0.15) is 5.82 Å². The Morgan fingerprint density at radius 2 is 1.89 bits per heavy atom. The molecule has 3 aromatic carbocycles. The summed E-state index contributed by atoms with van der Waals surface area (Å²) >= 11 is 1.39. The number of benzene rings is 3. The number of rotatable bonds is 6. The second-order valence-electron chi connectivity index (χ2n) is 8.73. The Kier molecular flexibility index (Phi) is 6.46. The summed E-state index contributed by atoms with van der Waals surface area (Å²) in [6.45, 7) is 4.23. The Hall–Kier alpha value is -3.40. The van der Waals surface area contributed by atoms with Crippen LogP contribution >= 0.6 is 11.3 Å². The summed E-state index contributed by atoms with van der Waals surface area (Å²) in [7, 11) is -3.40. The van der Waals surface area contributed by atoms with Gasteiger partial charge in [0.2, 0.25) is 10.8 Å². The molecule has 2 heterocycles. The molecule has 1 atom stereocenters. The van der Waals surface area contributed by atoms with Crippen LogP contribution in [-0.4, -0.2) is 22.0 Å². The lowest BCUT2D eigenvalue weighted by Gasteiger charge is -2.18. The van der Waals surface area contributed by atoms with Gasteiger partial charge in [-0.2, -0.15) is 8.86 Å². The van der Waals surface area contributed by atoms with Crippen LogP contribution in [0.1, 0.15) is 21.6 Å². The fraction of sp³-hybridized carbons (Fsp3) is 0.185. The Labute approximate surface area is 214 Å². The molecule has 0 saturated heterocycles. The molecule has 0 spiro atoms. The second kappa shape index (κ2) is 9.57.